The minimum atomic E-state index is -4.57. The van der Waals surface area contributed by atoms with Crippen LogP contribution in [0.1, 0.15) is 58.6 Å². The highest BCUT2D eigenvalue weighted by atomic mass is 19.4. The van der Waals surface area contributed by atoms with E-state index in [2.05, 4.69) is 47.4 Å². The van der Waals surface area contributed by atoms with Gasteiger partial charge in [-0.25, -0.2) is 4.39 Å². The second-order valence-corrected chi connectivity index (χ2v) is 11.0. The monoisotopic (exact) mass is 612 g/mol. The van der Waals surface area contributed by atoms with E-state index >= 15 is 0 Å². The Hall–Kier alpha value is -3.78. The van der Waals surface area contributed by atoms with Crippen molar-refractivity contribution in [3.63, 3.8) is 0 Å². The number of alkyl halides is 3. The molecule has 1 rings (SSSR count). The number of nitrogens with zero attached hydrogens (tertiary/aromatic N) is 2. The summed E-state index contributed by atoms with van der Waals surface area (Å²) in [5.74, 6) is -0.252. The zero-order valence-electron chi connectivity index (χ0n) is 27.5. The number of hydrogen-bond donors (Lipinski definition) is 2. The van der Waals surface area contributed by atoms with Crippen LogP contribution in [0.5, 0.6) is 0 Å². The van der Waals surface area contributed by atoms with E-state index in [0.717, 1.165) is 53.8 Å². The maximum Gasteiger partial charge on any atom is 0.416 e. The van der Waals surface area contributed by atoms with Crippen molar-refractivity contribution < 1.29 is 17.6 Å². The third-order valence-electron chi connectivity index (χ3n) is 7.74. The fourth-order valence-corrected chi connectivity index (χ4v) is 5.16. The summed E-state index contributed by atoms with van der Waals surface area (Å²) < 4.78 is 56.1. The third-order valence-corrected chi connectivity index (χ3v) is 7.74. The van der Waals surface area contributed by atoms with Crippen molar-refractivity contribution >= 4 is 12.9 Å². The molecule has 0 bridgehead atoms. The molecule has 1 unspecified atom stereocenters. The fourth-order valence-electron chi connectivity index (χ4n) is 5.16. The van der Waals surface area contributed by atoms with Gasteiger partial charge in [0.05, 0.1) is 5.57 Å². The number of nitrogens with one attached hydrogen (secondary N) is 2. The molecule has 1 atom stereocenters. The van der Waals surface area contributed by atoms with Crippen molar-refractivity contribution in [2.24, 2.45) is 15.4 Å². The highest BCUT2D eigenvalue weighted by molar-refractivity contribution is 5.87. The van der Waals surface area contributed by atoms with Gasteiger partial charge in [0.1, 0.15) is 5.82 Å². The van der Waals surface area contributed by atoms with E-state index in [1.165, 1.54) is 32.5 Å². The molecule has 0 saturated heterocycles. The van der Waals surface area contributed by atoms with Gasteiger partial charge < -0.3 is 10.6 Å². The largest absolute Gasteiger partial charge is 0.416 e. The topological polar surface area (TPSA) is 48.8 Å². The maximum absolute atomic E-state index is 14.5. The normalized spacial score (nSPS) is 15.6. The summed E-state index contributed by atoms with van der Waals surface area (Å²) in [5.41, 5.74) is 4.16. The van der Waals surface area contributed by atoms with E-state index in [1.807, 2.05) is 27.0 Å². The average Bonchev–Trinajstić information content (AvgIpc) is 2.94. The van der Waals surface area contributed by atoms with Gasteiger partial charge in [-0.1, -0.05) is 49.9 Å². The Morgan fingerprint density at radius 1 is 1.09 bits per heavy atom. The van der Waals surface area contributed by atoms with Gasteiger partial charge in [-0.05, 0) is 114 Å². The molecule has 0 fully saturated rings. The van der Waals surface area contributed by atoms with Crippen LogP contribution in [0.4, 0.5) is 17.6 Å². The van der Waals surface area contributed by atoms with E-state index in [9.17, 15) is 17.6 Å². The number of benzene rings is 1. The Kier molecular flexibility index (Phi) is 15.2. The summed E-state index contributed by atoms with van der Waals surface area (Å²) in [4.78, 5) is 7.83. The summed E-state index contributed by atoms with van der Waals surface area (Å²) in [6, 6.07) is 5.13. The number of aliphatic imine (C=N–C) groups is 2. The van der Waals surface area contributed by atoms with Crippen LogP contribution >= 0.6 is 0 Å². The van der Waals surface area contributed by atoms with Crippen LogP contribution in [-0.4, -0.2) is 39.7 Å². The minimum Gasteiger partial charge on any atom is -0.355 e. The highest BCUT2D eigenvalue weighted by Gasteiger charge is 2.33. The molecule has 1 aromatic carbocycles. The number of hydrogen-bond acceptors (Lipinski definition) is 4. The number of rotatable bonds is 16. The Labute approximate surface area is 261 Å². The van der Waals surface area contributed by atoms with Crippen LogP contribution in [0.25, 0.3) is 0 Å². The van der Waals surface area contributed by atoms with Crippen LogP contribution in [0.15, 0.2) is 111 Å². The maximum atomic E-state index is 14.5. The van der Waals surface area contributed by atoms with Gasteiger partial charge in [-0.15, -0.1) is 0 Å². The van der Waals surface area contributed by atoms with Crippen molar-refractivity contribution in [3.8, 4) is 0 Å². The van der Waals surface area contributed by atoms with Gasteiger partial charge in [-0.2, -0.15) is 13.2 Å². The van der Waals surface area contributed by atoms with E-state index in [1.54, 1.807) is 26.0 Å². The molecule has 240 valence electrons. The molecule has 44 heavy (non-hydrogen) atoms. The van der Waals surface area contributed by atoms with Crippen LogP contribution in [-0.2, 0) is 6.42 Å². The van der Waals surface area contributed by atoms with Crippen molar-refractivity contribution in [2.75, 3.05) is 20.6 Å². The van der Waals surface area contributed by atoms with Gasteiger partial charge in [0.2, 0.25) is 0 Å². The number of halogens is 4. The predicted octanol–water partition coefficient (Wildman–Crippen LogP) is 9.30. The summed E-state index contributed by atoms with van der Waals surface area (Å²) >= 11 is 0. The molecule has 0 heterocycles. The molecule has 8 heteroatoms. The summed E-state index contributed by atoms with van der Waals surface area (Å²) in [7, 11) is 3.42. The van der Waals surface area contributed by atoms with Crippen molar-refractivity contribution in [1.82, 2.24) is 10.6 Å². The summed E-state index contributed by atoms with van der Waals surface area (Å²) in [6.45, 7) is 23.7. The first kappa shape index (κ1) is 38.2. The lowest BCUT2D eigenvalue weighted by Crippen LogP contribution is -2.27. The van der Waals surface area contributed by atoms with Gasteiger partial charge in [0.25, 0.3) is 0 Å². The lowest BCUT2D eigenvalue weighted by Gasteiger charge is -2.35. The van der Waals surface area contributed by atoms with E-state index in [4.69, 9.17) is 0 Å². The van der Waals surface area contributed by atoms with Crippen LogP contribution in [0.2, 0.25) is 0 Å². The standard InChI is InChI=1S/C36H48F4N4/c1-12-30(36(38,39)40)20-31(29(22-42-10)23-43-11)33(13-2)44-27(7)34(24(3)4)26(6)35(8,18-15-19-41-9)21-28-16-14-17-32(37)25(28)5/h12-14,16-17,20,22-23,41,44H,3,7,10,15,18-19,21H2,1-2,4-6,8-9,11H3/b29-22+,30-12+,31-20-,33-13+,34-26+,43-23?. The molecule has 0 aliphatic rings. The van der Waals surface area contributed by atoms with Crippen molar-refractivity contribution in [1.29, 1.82) is 0 Å². The first-order valence-corrected chi connectivity index (χ1v) is 14.5. The quantitative estimate of drug-likeness (QED) is 0.0846. The molecule has 0 amide bonds. The number of allylic oxidation sites excluding steroid dienone is 7. The second kappa shape index (κ2) is 17.5. The lowest BCUT2D eigenvalue weighted by molar-refractivity contribution is -0.0883. The molecule has 0 saturated carbocycles. The predicted molar refractivity (Wildman–Crippen MR) is 180 cm³/mol. The average molecular weight is 613 g/mol. The Morgan fingerprint density at radius 3 is 2.25 bits per heavy atom. The molecule has 0 aliphatic heterocycles. The third kappa shape index (κ3) is 10.4. The first-order chi connectivity index (χ1) is 20.6. The Bertz CT molecular complexity index is 1390. The van der Waals surface area contributed by atoms with Gasteiger partial charge in [0.15, 0.2) is 0 Å². The molecular formula is C36H48F4N4. The summed E-state index contributed by atoms with van der Waals surface area (Å²) in [6.07, 6.45) is 4.21. The first-order valence-electron chi connectivity index (χ1n) is 14.5. The fraction of sp³-hybridized carbons (Fsp3) is 0.389. The molecular weight excluding hydrogens is 564 g/mol. The van der Waals surface area contributed by atoms with Crippen LogP contribution in [0.3, 0.4) is 0 Å². The molecule has 0 aliphatic carbocycles. The van der Waals surface area contributed by atoms with E-state index < -0.39 is 17.2 Å². The van der Waals surface area contributed by atoms with Crippen LogP contribution in [0, 0.1) is 18.2 Å². The Balaban J connectivity index is 3.85. The minimum absolute atomic E-state index is 0.211. The molecule has 0 aromatic heterocycles. The van der Waals surface area contributed by atoms with E-state index in [-0.39, 0.29) is 11.4 Å². The zero-order valence-corrected chi connectivity index (χ0v) is 27.5. The van der Waals surface area contributed by atoms with Gasteiger partial charge in [-0.3, -0.25) is 9.98 Å². The highest BCUT2D eigenvalue weighted by Crippen LogP contribution is 2.41. The second-order valence-electron chi connectivity index (χ2n) is 11.0. The van der Waals surface area contributed by atoms with Crippen molar-refractivity contribution in [2.45, 2.75) is 67.0 Å². The SMILES string of the molecule is C=N/C=C(C=NC)/C(=C/C(=C\C)C(F)(F)F)C(=C\C)/NC(=C)/C(C(=C)C)=C(\C)C(C)(CCCNC)Cc1cccc(F)c1C. The molecule has 4 nitrogen and oxygen atoms in total. The molecule has 0 radical (unpaired) electrons. The van der Waals surface area contributed by atoms with Gasteiger partial charge in [0, 0.05) is 42.0 Å². The van der Waals surface area contributed by atoms with Crippen molar-refractivity contribution in [3.05, 3.63) is 118 Å². The molecule has 0 spiro atoms. The smallest absolute Gasteiger partial charge is 0.355 e. The van der Waals surface area contributed by atoms with E-state index in [0.29, 0.717) is 29.0 Å². The zero-order chi connectivity index (χ0) is 33.7. The molecule has 2 N–H and O–H groups in total. The van der Waals surface area contributed by atoms with Gasteiger partial charge >= 0.3 is 6.18 Å². The van der Waals surface area contributed by atoms with Crippen LogP contribution < -0.4 is 10.6 Å². The molecule has 1 aromatic rings. The lowest BCUT2D eigenvalue weighted by atomic mass is 9.71. The Morgan fingerprint density at radius 2 is 1.75 bits per heavy atom. The summed E-state index contributed by atoms with van der Waals surface area (Å²) in [5, 5.41) is 6.48.